The number of carbonyl (C=O) groups is 1. The van der Waals surface area contributed by atoms with Crippen molar-refractivity contribution < 1.29 is 9.90 Å². The minimum absolute atomic E-state index is 0.0181. The van der Waals surface area contributed by atoms with E-state index in [1.54, 1.807) is 23.9 Å². The number of nitrogens with zero attached hydrogens (tertiary/aromatic N) is 2. The van der Waals surface area contributed by atoms with Gasteiger partial charge in [-0.1, -0.05) is 31.2 Å². The molecule has 0 saturated carbocycles. The first kappa shape index (κ1) is 21.2. The molecule has 2 atom stereocenters. The van der Waals surface area contributed by atoms with Crippen LogP contribution >= 0.6 is 11.3 Å². The molecule has 0 saturated heterocycles. The fraction of sp³-hybridized carbons (Fsp3) is 0.409. The lowest BCUT2D eigenvalue weighted by Gasteiger charge is -2.20. The van der Waals surface area contributed by atoms with Gasteiger partial charge in [-0.2, -0.15) is 0 Å². The summed E-state index contributed by atoms with van der Waals surface area (Å²) in [6.45, 7) is 3.88. The van der Waals surface area contributed by atoms with E-state index in [0.717, 1.165) is 41.9 Å². The van der Waals surface area contributed by atoms with Crippen LogP contribution < -0.4 is 5.32 Å². The Labute approximate surface area is 175 Å². The second-order valence-electron chi connectivity index (χ2n) is 7.20. The molecule has 29 heavy (non-hydrogen) atoms. The molecule has 0 aliphatic heterocycles. The van der Waals surface area contributed by atoms with Gasteiger partial charge in [0.15, 0.2) is 0 Å². The van der Waals surface area contributed by atoms with E-state index in [1.807, 2.05) is 13.8 Å². The molecular weight excluding hydrogens is 384 g/mol. The minimum Gasteiger partial charge on any atom is -0.394 e. The molecule has 0 radical (unpaired) electrons. The van der Waals surface area contributed by atoms with Gasteiger partial charge in [-0.3, -0.25) is 4.79 Å². The zero-order valence-electron chi connectivity index (χ0n) is 16.9. The average molecular weight is 413 g/mol. The van der Waals surface area contributed by atoms with Gasteiger partial charge in [0.2, 0.25) is 5.91 Å². The number of amides is 1. The number of thiazole rings is 1. The number of imidazole rings is 1. The van der Waals surface area contributed by atoms with Crippen LogP contribution in [0.5, 0.6) is 0 Å². The number of hydrogen-bond donors (Lipinski definition) is 3. The van der Waals surface area contributed by atoms with Crippen molar-refractivity contribution >= 4 is 17.2 Å². The summed E-state index contributed by atoms with van der Waals surface area (Å²) in [5.41, 5.74) is 4.14. The fourth-order valence-corrected chi connectivity index (χ4v) is 4.00. The quantitative estimate of drug-likeness (QED) is 0.469. The Morgan fingerprint density at radius 2 is 2.10 bits per heavy atom. The topological polar surface area (TPSA) is 90.9 Å². The highest BCUT2D eigenvalue weighted by molar-refractivity contribution is 7.09. The van der Waals surface area contributed by atoms with Crippen molar-refractivity contribution in [3.63, 3.8) is 0 Å². The van der Waals surface area contributed by atoms with Crippen molar-refractivity contribution in [2.24, 2.45) is 5.92 Å². The van der Waals surface area contributed by atoms with Gasteiger partial charge in [0, 0.05) is 16.9 Å². The molecule has 0 aliphatic rings. The molecule has 0 aliphatic carbocycles. The lowest BCUT2D eigenvalue weighted by atomic mass is 9.95. The van der Waals surface area contributed by atoms with E-state index in [-0.39, 0.29) is 18.4 Å². The maximum Gasteiger partial charge on any atom is 0.223 e. The van der Waals surface area contributed by atoms with E-state index in [9.17, 15) is 9.90 Å². The normalized spacial score (nSPS) is 13.2. The predicted octanol–water partition coefficient (Wildman–Crippen LogP) is 4.04. The van der Waals surface area contributed by atoms with E-state index >= 15 is 0 Å². The monoisotopic (exact) mass is 412 g/mol. The highest BCUT2D eigenvalue weighted by Gasteiger charge is 2.21. The first-order valence-corrected chi connectivity index (χ1v) is 10.9. The van der Waals surface area contributed by atoms with E-state index in [2.05, 4.69) is 49.9 Å². The van der Waals surface area contributed by atoms with E-state index in [0.29, 0.717) is 5.69 Å². The number of aliphatic hydroxyl groups is 1. The van der Waals surface area contributed by atoms with E-state index in [1.165, 1.54) is 5.56 Å². The molecule has 3 rings (SSSR count). The van der Waals surface area contributed by atoms with Crippen molar-refractivity contribution in [3.05, 3.63) is 58.4 Å². The number of H-pyrrole nitrogens is 1. The summed E-state index contributed by atoms with van der Waals surface area (Å²) in [6.07, 6.45) is 6.63. The number of benzene rings is 1. The second-order valence-corrected chi connectivity index (χ2v) is 8.26. The van der Waals surface area contributed by atoms with Gasteiger partial charge in [-0.15, -0.1) is 11.3 Å². The number of rotatable bonds is 10. The molecule has 3 aromatic rings. The van der Waals surface area contributed by atoms with Gasteiger partial charge < -0.3 is 15.4 Å². The van der Waals surface area contributed by atoms with Crippen LogP contribution in [0.3, 0.4) is 0 Å². The third-order valence-corrected chi connectivity index (χ3v) is 5.92. The molecule has 2 aromatic heterocycles. The van der Waals surface area contributed by atoms with Gasteiger partial charge in [0.05, 0.1) is 41.6 Å². The number of aryl methyl sites for hydroxylation is 2. The van der Waals surface area contributed by atoms with Gasteiger partial charge in [0.1, 0.15) is 0 Å². The predicted molar refractivity (Wildman–Crippen MR) is 116 cm³/mol. The fourth-order valence-electron chi connectivity index (χ4n) is 3.38. The van der Waals surface area contributed by atoms with Crippen LogP contribution in [0.1, 0.15) is 48.5 Å². The molecule has 1 amide bonds. The Bertz CT molecular complexity index is 890. The van der Waals surface area contributed by atoms with Gasteiger partial charge in [-0.05, 0) is 38.2 Å². The van der Waals surface area contributed by atoms with Crippen molar-refractivity contribution in [3.8, 4) is 11.3 Å². The highest BCUT2D eigenvalue weighted by atomic mass is 32.1. The molecule has 154 valence electrons. The zero-order chi connectivity index (χ0) is 20.6. The number of carbonyl (C=O) groups excluding carboxylic acids is 1. The van der Waals surface area contributed by atoms with Crippen LogP contribution in [0, 0.1) is 12.8 Å². The Morgan fingerprint density at radius 3 is 2.69 bits per heavy atom. The number of hydrogen-bond acceptors (Lipinski definition) is 5. The van der Waals surface area contributed by atoms with Crippen molar-refractivity contribution in [2.75, 3.05) is 6.61 Å². The maximum atomic E-state index is 12.6. The van der Waals surface area contributed by atoms with Crippen molar-refractivity contribution in [2.45, 2.75) is 45.6 Å². The van der Waals surface area contributed by atoms with Gasteiger partial charge >= 0.3 is 0 Å². The highest BCUT2D eigenvalue weighted by Crippen LogP contribution is 2.23. The second kappa shape index (κ2) is 10.3. The molecular formula is C22H28N4O2S. The molecule has 0 unspecified atom stereocenters. The van der Waals surface area contributed by atoms with Crippen LogP contribution in [-0.2, 0) is 11.2 Å². The molecule has 3 N–H and O–H groups in total. The first-order valence-electron chi connectivity index (χ1n) is 10.0. The minimum atomic E-state index is -0.444. The largest absolute Gasteiger partial charge is 0.394 e. The SMILES string of the molecule is CC[C@H](CCCc1ccc(-c2csc(C)n2)cc1)C(=O)N[C@H](CO)c1cnc[nH]1. The summed E-state index contributed by atoms with van der Waals surface area (Å²) in [4.78, 5) is 24.0. The first-order chi connectivity index (χ1) is 14.1. The van der Waals surface area contributed by atoms with Crippen LogP contribution in [0.25, 0.3) is 11.3 Å². The molecule has 0 fully saturated rings. The summed E-state index contributed by atoms with van der Waals surface area (Å²) >= 11 is 1.66. The van der Waals surface area contributed by atoms with Gasteiger partial charge in [-0.25, -0.2) is 9.97 Å². The molecule has 1 aromatic carbocycles. The third-order valence-electron chi connectivity index (χ3n) is 5.14. The third kappa shape index (κ3) is 5.74. The van der Waals surface area contributed by atoms with Crippen molar-refractivity contribution in [1.29, 1.82) is 0 Å². The Hall–Kier alpha value is -2.51. The number of nitrogens with one attached hydrogen (secondary N) is 2. The smallest absolute Gasteiger partial charge is 0.223 e. The molecule has 0 bridgehead atoms. The van der Waals surface area contributed by atoms with E-state index in [4.69, 9.17) is 0 Å². The van der Waals surface area contributed by atoms with Crippen LogP contribution in [0.4, 0.5) is 0 Å². The summed E-state index contributed by atoms with van der Waals surface area (Å²) in [7, 11) is 0. The number of aromatic nitrogens is 3. The lowest BCUT2D eigenvalue weighted by Crippen LogP contribution is -2.35. The number of aliphatic hydroxyl groups excluding tert-OH is 1. The molecule has 7 heteroatoms. The zero-order valence-corrected chi connectivity index (χ0v) is 17.7. The molecule has 0 spiro atoms. The van der Waals surface area contributed by atoms with Crippen LogP contribution in [0.15, 0.2) is 42.2 Å². The standard InChI is InChI=1S/C22H28N4O2S/c1-3-17(22(28)26-20(12-27)19-11-23-14-24-19)6-4-5-16-7-9-18(10-8-16)21-13-29-15(2)25-21/h7-11,13-14,17,20,27H,3-6,12H2,1-2H3,(H,23,24)(H,26,28)/t17-,20-/m1/s1. The summed E-state index contributed by atoms with van der Waals surface area (Å²) in [5, 5.41) is 15.7. The summed E-state index contributed by atoms with van der Waals surface area (Å²) in [5.74, 6) is -0.0837. The van der Waals surface area contributed by atoms with Crippen LogP contribution in [0.2, 0.25) is 0 Å². The molecule has 6 nitrogen and oxygen atoms in total. The molecule has 2 heterocycles. The Morgan fingerprint density at radius 1 is 1.31 bits per heavy atom. The summed E-state index contributed by atoms with van der Waals surface area (Å²) < 4.78 is 0. The van der Waals surface area contributed by atoms with Crippen molar-refractivity contribution in [1.82, 2.24) is 20.3 Å². The van der Waals surface area contributed by atoms with Crippen LogP contribution in [-0.4, -0.2) is 32.6 Å². The Balaban J connectivity index is 1.49. The summed E-state index contributed by atoms with van der Waals surface area (Å²) in [6, 6.07) is 8.07. The average Bonchev–Trinajstić information content (AvgIpc) is 3.42. The Kier molecular flexibility index (Phi) is 7.55. The maximum absolute atomic E-state index is 12.6. The van der Waals surface area contributed by atoms with E-state index < -0.39 is 6.04 Å². The number of aromatic amines is 1. The lowest BCUT2D eigenvalue weighted by molar-refractivity contribution is -0.126. The van der Waals surface area contributed by atoms with Gasteiger partial charge in [0.25, 0.3) is 0 Å².